The standard InChI is InChI=1S/C11H10N2O2/c1-15-10-5-3-2-4-9(10)8-6-12-11(14)13-7-8/h2-8H,1H3. The lowest BCUT2D eigenvalue weighted by atomic mass is 10.00. The maximum absolute atomic E-state index is 10.8. The molecule has 2 rings (SSSR count). The van der Waals surface area contributed by atoms with E-state index in [1.165, 1.54) is 0 Å². The van der Waals surface area contributed by atoms with Gasteiger partial charge in [0.1, 0.15) is 5.75 Å². The molecule has 4 nitrogen and oxygen atoms in total. The molecule has 1 aromatic rings. The second kappa shape index (κ2) is 4.04. The van der Waals surface area contributed by atoms with E-state index in [2.05, 4.69) is 9.98 Å². The van der Waals surface area contributed by atoms with Crippen molar-refractivity contribution in [1.82, 2.24) is 0 Å². The smallest absolute Gasteiger partial charge is 0.366 e. The quantitative estimate of drug-likeness (QED) is 0.737. The highest BCUT2D eigenvalue weighted by Crippen LogP contribution is 2.25. The maximum atomic E-state index is 10.8. The van der Waals surface area contributed by atoms with Crippen LogP contribution in [0.4, 0.5) is 4.79 Å². The van der Waals surface area contributed by atoms with Crippen molar-refractivity contribution in [3.63, 3.8) is 0 Å². The van der Waals surface area contributed by atoms with Crippen molar-refractivity contribution in [2.45, 2.75) is 5.92 Å². The summed E-state index contributed by atoms with van der Waals surface area (Å²) in [6.45, 7) is 0. The molecule has 0 aromatic heterocycles. The van der Waals surface area contributed by atoms with Gasteiger partial charge in [0.15, 0.2) is 0 Å². The van der Waals surface area contributed by atoms with Crippen molar-refractivity contribution in [2.75, 3.05) is 7.11 Å². The Morgan fingerprint density at radius 3 is 2.53 bits per heavy atom. The second-order valence-electron chi connectivity index (χ2n) is 3.11. The highest BCUT2D eigenvalue weighted by atomic mass is 16.5. The molecule has 0 N–H and O–H groups in total. The van der Waals surface area contributed by atoms with Crippen LogP contribution >= 0.6 is 0 Å². The van der Waals surface area contributed by atoms with E-state index >= 15 is 0 Å². The molecule has 1 aliphatic heterocycles. The summed E-state index contributed by atoms with van der Waals surface area (Å²) in [4.78, 5) is 18.1. The number of amides is 2. The lowest BCUT2D eigenvalue weighted by molar-refractivity contribution is 0.257. The molecular weight excluding hydrogens is 192 g/mol. The van der Waals surface area contributed by atoms with Gasteiger partial charge in [-0.15, -0.1) is 0 Å². The van der Waals surface area contributed by atoms with Crippen LogP contribution in [0.2, 0.25) is 0 Å². The Morgan fingerprint density at radius 1 is 1.20 bits per heavy atom. The molecule has 0 bridgehead atoms. The van der Waals surface area contributed by atoms with Gasteiger partial charge in [0.05, 0.1) is 13.0 Å². The van der Waals surface area contributed by atoms with E-state index in [-0.39, 0.29) is 5.92 Å². The molecule has 0 spiro atoms. The molecule has 2 amide bonds. The van der Waals surface area contributed by atoms with Gasteiger partial charge in [-0.2, -0.15) is 0 Å². The molecule has 0 atom stereocenters. The normalized spacial score (nSPS) is 15.7. The van der Waals surface area contributed by atoms with E-state index in [0.29, 0.717) is 0 Å². The van der Waals surface area contributed by atoms with E-state index in [0.717, 1.165) is 11.3 Å². The minimum Gasteiger partial charge on any atom is -0.496 e. The molecule has 15 heavy (non-hydrogen) atoms. The predicted octanol–water partition coefficient (Wildman–Crippen LogP) is 2.05. The molecular formula is C11H10N2O2. The predicted molar refractivity (Wildman–Crippen MR) is 58.1 cm³/mol. The Balaban J connectivity index is 2.34. The van der Waals surface area contributed by atoms with E-state index in [4.69, 9.17) is 4.74 Å². The zero-order valence-electron chi connectivity index (χ0n) is 8.25. The molecule has 1 heterocycles. The summed E-state index contributed by atoms with van der Waals surface area (Å²) >= 11 is 0. The van der Waals surface area contributed by atoms with Crippen LogP contribution in [-0.2, 0) is 0 Å². The number of carbonyl (C=O) groups excluding carboxylic acids is 1. The van der Waals surface area contributed by atoms with Gasteiger partial charge in [0.2, 0.25) is 0 Å². The highest BCUT2D eigenvalue weighted by molar-refractivity contribution is 6.04. The van der Waals surface area contributed by atoms with Crippen LogP contribution in [-0.4, -0.2) is 25.6 Å². The summed E-state index contributed by atoms with van der Waals surface area (Å²) in [5.41, 5.74) is 0.958. The summed E-state index contributed by atoms with van der Waals surface area (Å²) in [5, 5.41) is 0. The first-order valence-corrected chi connectivity index (χ1v) is 4.56. The van der Waals surface area contributed by atoms with Crippen LogP contribution in [0.1, 0.15) is 11.5 Å². The van der Waals surface area contributed by atoms with E-state index in [9.17, 15) is 4.79 Å². The Morgan fingerprint density at radius 2 is 1.87 bits per heavy atom. The molecule has 0 radical (unpaired) electrons. The zero-order valence-corrected chi connectivity index (χ0v) is 8.25. The first-order chi connectivity index (χ1) is 7.31. The molecule has 0 saturated carbocycles. The Kier molecular flexibility index (Phi) is 2.58. The third-order valence-corrected chi connectivity index (χ3v) is 2.19. The second-order valence-corrected chi connectivity index (χ2v) is 3.11. The number of rotatable bonds is 2. The number of benzene rings is 1. The molecule has 1 aliphatic rings. The van der Waals surface area contributed by atoms with Gasteiger partial charge in [-0.25, -0.2) is 14.8 Å². The van der Waals surface area contributed by atoms with Crippen LogP contribution in [0.5, 0.6) is 5.75 Å². The fraction of sp³-hybridized carbons (Fsp3) is 0.182. The van der Waals surface area contributed by atoms with Gasteiger partial charge in [-0.3, -0.25) is 0 Å². The van der Waals surface area contributed by atoms with E-state index < -0.39 is 6.03 Å². The molecule has 0 unspecified atom stereocenters. The van der Waals surface area contributed by atoms with Crippen molar-refractivity contribution >= 4 is 18.5 Å². The summed E-state index contributed by atoms with van der Waals surface area (Å²) < 4.78 is 5.22. The van der Waals surface area contributed by atoms with E-state index in [1.807, 2.05) is 24.3 Å². The lowest BCUT2D eigenvalue weighted by Gasteiger charge is -2.13. The topological polar surface area (TPSA) is 51.0 Å². The van der Waals surface area contributed by atoms with Gasteiger partial charge >= 0.3 is 6.03 Å². The Hall–Kier alpha value is -1.97. The average molecular weight is 202 g/mol. The lowest BCUT2D eigenvalue weighted by Crippen LogP contribution is -2.09. The number of hydrogen-bond acceptors (Lipinski definition) is 2. The van der Waals surface area contributed by atoms with Gasteiger partial charge in [-0.1, -0.05) is 18.2 Å². The monoisotopic (exact) mass is 202 g/mol. The third-order valence-electron chi connectivity index (χ3n) is 2.19. The third kappa shape index (κ3) is 1.93. The number of methoxy groups -OCH3 is 1. The van der Waals surface area contributed by atoms with Crippen LogP contribution in [0.25, 0.3) is 0 Å². The number of aliphatic imine (C=N–C) groups is 2. The highest BCUT2D eigenvalue weighted by Gasteiger charge is 2.15. The van der Waals surface area contributed by atoms with Crippen molar-refractivity contribution in [1.29, 1.82) is 0 Å². The minimum atomic E-state index is -0.457. The molecule has 1 aromatic carbocycles. The number of ether oxygens (including phenoxy) is 1. The summed E-state index contributed by atoms with van der Waals surface area (Å²) in [6, 6.07) is 7.15. The first kappa shape index (κ1) is 9.58. The SMILES string of the molecule is COc1ccccc1C1C=NC(=O)N=C1. The van der Waals surface area contributed by atoms with Gasteiger partial charge in [0.25, 0.3) is 0 Å². The molecule has 0 saturated heterocycles. The van der Waals surface area contributed by atoms with Crippen LogP contribution < -0.4 is 4.74 Å². The van der Waals surface area contributed by atoms with Crippen LogP contribution in [0, 0.1) is 0 Å². The molecule has 0 fully saturated rings. The fourth-order valence-electron chi connectivity index (χ4n) is 1.46. The van der Waals surface area contributed by atoms with Crippen molar-refractivity contribution in [3.8, 4) is 5.75 Å². The number of hydrogen-bond donors (Lipinski definition) is 0. The average Bonchev–Trinajstić information content (AvgIpc) is 2.30. The first-order valence-electron chi connectivity index (χ1n) is 4.56. The van der Waals surface area contributed by atoms with Gasteiger partial charge in [0, 0.05) is 18.0 Å². The van der Waals surface area contributed by atoms with Crippen LogP contribution in [0.15, 0.2) is 34.3 Å². The Labute approximate surface area is 87.3 Å². The summed E-state index contributed by atoms with van der Waals surface area (Å²) in [6.07, 6.45) is 3.15. The minimum absolute atomic E-state index is 0.0844. The van der Waals surface area contributed by atoms with Gasteiger partial charge in [-0.05, 0) is 6.07 Å². The number of urea groups is 1. The van der Waals surface area contributed by atoms with Gasteiger partial charge < -0.3 is 4.74 Å². The number of nitrogens with zero attached hydrogens (tertiary/aromatic N) is 2. The number of carbonyl (C=O) groups is 1. The number of para-hydroxylation sites is 1. The summed E-state index contributed by atoms with van der Waals surface area (Å²) in [7, 11) is 1.61. The zero-order chi connectivity index (χ0) is 10.7. The van der Waals surface area contributed by atoms with Crippen molar-refractivity contribution < 1.29 is 9.53 Å². The molecule has 4 heteroatoms. The Bertz CT molecular complexity index is 422. The van der Waals surface area contributed by atoms with Crippen LogP contribution in [0.3, 0.4) is 0 Å². The maximum Gasteiger partial charge on any atom is 0.366 e. The van der Waals surface area contributed by atoms with E-state index in [1.54, 1.807) is 19.5 Å². The largest absolute Gasteiger partial charge is 0.496 e. The fourth-order valence-corrected chi connectivity index (χ4v) is 1.46. The molecule has 0 aliphatic carbocycles. The van der Waals surface area contributed by atoms with Crippen molar-refractivity contribution in [3.05, 3.63) is 29.8 Å². The summed E-state index contributed by atoms with van der Waals surface area (Å²) in [5.74, 6) is 0.689. The molecule has 76 valence electrons. The van der Waals surface area contributed by atoms with Crippen molar-refractivity contribution in [2.24, 2.45) is 9.98 Å².